The van der Waals surface area contributed by atoms with Crippen LogP contribution in [0.1, 0.15) is 128 Å². The number of benzene rings is 5. The van der Waals surface area contributed by atoms with Crippen molar-refractivity contribution in [1.82, 2.24) is 4.48 Å². The van der Waals surface area contributed by atoms with Crippen LogP contribution in [0.25, 0.3) is 33.5 Å². The Morgan fingerprint density at radius 2 is 0.934 bits per heavy atom. The first-order valence-corrected chi connectivity index (χ1v) is 21.8. The van der Waals surface area contributed by atoms with Crippen molar-refractivity contribution in [3.8, 4) is 28.1 Å². The highest BCUT2D eigenvalue weighted by atomic mass is 19.1. The average Bonchev–Trinajstić information content (AvgIpc) is 3.81. The molecule has 2 aliphatic rings. The van der Waals surface area contributed by atoms with Crippen molar-refractivity contribution in [3.05, 3.63) is 184 Å². The summed E-state index contributed by atoms with van der Waals surface area (Å²) in [5.74, 6) is 0.727. The lowest BCUT2D eigenvalue weighted by Gasteiger charge is -2.25. The summed E-state index contributed by atoms with van der Waals surface area (Å²) in [6.07, 6.45) is 2.21. The SMILES string of the molecule is COc1ccccc1C1=C2C(c3ccc(C(C)(C)C)cc3)=CC(c3ccc(C(C)(C)C)cc3)=[N+]2B(F)n2c(-c3ccc(C(C)(C)C)cc3)cc(-c3ccc(C(C)(C)C)cc3)c21. The number of ether oxygens (including phenoxy) is 1. The second kappa shape index (κ2) is 15.0. The first-order valence-electron chi connectivity index (χ1n) is 21.8. The van der Waals surface area contributed by atoms with Crippen LogP contribution in [0, 0.1) is 0 Å². The molecule has 5 aromatic carbocycles. The molecule has 6 aromatic rings. The minimum atomic E-state index is -1.58. The topological polar surface area (TPSA) is 17.2 Å². The number of aromatic nitrogens is 1. The Kier molecular flexibility index (Phi) is 10.4. The third-order valence-electron chi connectivity index (χ3n) is 12.6. The van der Waals surface area contributed by atoms with Gasteiger partial charge < -0.3 is 4.74 Å². The molecule has 0 amide bonds. The summed E-state index contributed by atoms with van der Waals surface area (Å²) < 4.78 is 28.9. The maximum atomic E-state index is 18.9. The van der Waals surface area contributed by atoms with Crippen molar-refractivity contribution in [3.63, 3.8) is 0 Å². The van der Waals surface area contributed by atoms with Crippen LogP contribution in [0.4, 0.5) is 4.32 Å². The number of rotatable bonds is 6. The Bertz CT molecular complexity index is 2720. The van der Waals surface area contributed by atoms with E-state index in [2.05, 4.69) is 204 Å². The fourth-order valence-electron chi connectivity index (χ4n) is 8.80. The van der Waals surface area contributed by atoms with Crippen LogP contribution in [0.3, 0.4) is 0 Å². The van der Waals surface area contributed by atoms with E-state index < -0.39 is 7.26 Å². The largest absolute Gasteiger partial charge is 0.847 e. The summed E-state index contributed by atoms with van der Waals surface area (Å²) in [5.41, 5.74) is 15.9. The number of hydrogen-bond acceptors (Lipinski definition) is 1. The molecule has 5 heteroatoms. The minimum absolute atomic E-state index is 0.0167. The van der Waals surface area contributed by atoms with Crippen molar-refractivity contribution in [2.45, 2.75) is 105 Å². The Morgan fingerprint density at radius 3 is 1.39 bits per heavy atom. The molecule has 0 radical (unpaired) electrons. The van der Waals surface area contributed by atoms with Gasteiger partial charge in [-0.3, -0.25) is 4.48 Å². The third kappa shape index (κ3) is 7.66. The summed E-state index contributed by atoms with van der Waals surface area (Å²) in [7, 11) is 0.143. The van der Waals surface area contributed by atoms with Crippen LogP contribution < -0.4 is 4.74 Å². The molecule has 2 aliphatic heterocycles. The Hall–Kier alpha value is -5.68. The van der Waals surface area contributed by atoms with Crippen molar-refractivity contribution < 1.29 is 13.5 Å². The van der Waals surface area contributed by atoms with Crippen molar-refractivity contribution in [2.24, 2.45) is 0 Å². The highest BCUT2D eigenvalue weighted by Crippen LogP contribution is 2.50. The normalized spacial score (nSPS) is 14.7. The molecule has 3 heterocycles. The Balaban J connectivity index is 1.51. The van der Waals surface area contributed by atoms with E-state index in [4.69, 9.17) is 4.74 Å². The number of allylic oxidation sites excluding steroid dienone is 2. The van der Waals surface area contributed by atoms with Crippen LogP contribution in [0.5, 0.6) is 5.75 Å². The quantitative estimate of drug-likeness (QED) is 0.153. The van der Waals surface area contributed by atoms with Gasteiger partial charge in [-0.15, -0.1) is 0 Å². The van der Waals surface area contributed by atoms with Gasteiger partial charge in [0.2, 0.25) is 5.70 Å². The minimum Gasteiger partial charge on any atom is -0.496 e. The smallest absolute Gasteiger partial charge is 0.496 e. The maximum absolute atomic E-state index is 18.9. The predicted molar refractivity (Wildman–Crippen MR) is 257 cm³/mol. The zero-order chi connectivity index (χ0) is 43.8. The molecule has 0 fully saturated rings. The molecule has 0 saturated heterocycles. The molecule has 61 heavy (non-hydrogen) atoms. The Labute approximate surface area is 364 Å². The highest BCUT2D eigenvalue weighted by molar-refractivity contribution is 6.46. The van der Waals surface area contributed by atoms with E-state index in [9.17, 15) is 0 Å². The van der Waals surface area contributed by atoms with E-state index in [0.717, 1.165) is 73.1 Å². The molecule has 0 unspecified atom stereocenters. The molecule has 0 atom stereocenters. The monoisotopic (exact) mass is 807 g/mol. The number of nitrogens with zero attached hydrogens (tertiary/aromatic N) is 2. The summed E-state index contributed by atoms with van der Waals surface area (Å²) in [6.45, 7) is 26.8. The molecule has 8 rings (SSSR count). The average molecular weight is 808 g/mol. The van der Waals surface area contributed by atoms with Gasteiger partial charge in [-0.25, -0.2) is 8.80 Å². The second-order valence-corrected chi connectivity index (χ2v) is 21.0. The van der Waals surface area contributed by atoms with Crippen LogP contribution >= 0.6 is 0 Å². The van der Waals surface area contributed by atoms with E-state index in [1.165, 1.54) is 22.3 Å². The van der Waals surface area contributed by atoms with Gasteiger partial charge in [-0.1, -0.05) is 186 Å². The standard InChI is InChI=1S/C56H61BFN2O/c1-53(2,3)40-26-18-36(19-27-40)45-34-47(38-22-30-42(31-23-38)55(7,8)9)59-51(45)50(44-16-14-15-17-49(44)61-13)52-46(37-20-28-41(29-21-37)54(4,5)6)35-48(60(52)57(59)58)39-24-32-43(33-25-39)56(10,11)12/h14-35H,1-13H3/q+1. The zero-order valence-corrected chi connectivity index (χ0v) is 38.5. The molecule has 3 nitrogen and oxygen atoms in total. The van der Waals surface area contributed by atoms with E-state index in [0.29, 0.717) is 0 Å². The van der Waals surface area contributed by atoms with Crippen LogP contribution in [-0.2, 0) is 21.7 Å². The molecule has 0 spiro atoms. The molecular formula is C56H61BFN2O+. The molecule has 0 aliphatic carbocycles. The van der Waals surface area contributed by atoms with Gasteiger partial charge in [0, 0.05) is 28.5 Å². The summed E-state index contributed by atoms with van der Waals surface area (Å²) >= 11 is 0. The van der Waals surface area contributed by atoms with E-state index >= 15 is 4.32 Å². The summed E-state index contributed by atoms with van der Waals surface area (Å²) in [6, 6.07) is 45.5. The van der Waals surface area contributed by atoms with Gasteiger partial charge in [0.05, 0.1) is 23.9 Å². The fraction of sp³-hybridized carbons (Fsp3) is 0.304. The van der Waals surface area contributed by atoms with Gasteiger partial charge in [-0.05, 0) is 84.9 Å². The van der Waals surface area contributed by atoms with Crippen molar-refractivity contribution in [1.29, 1.82) is 0 Å². The van der Waals surface area contributed by atoms with Crippen molar-refractivity contribution in [2.75, 3.05) is 7.11 Å². The molecule has 0 saturated carbocycles. The third-order valence-corrected chi connectivity index (χ3v) is 12.6. The van der Waals surface area contributed by atoms with Crippen LogP contribution in [0.15, 0.2) is 139 Å². The first-order chi connectivity index (χ1) is 28.7. The second-order valence-electron chi connectivity index (χ2n) is 21.0. The zero-order valence-electron chi connectivity index (χ0n) is 38.5. The highest BCUT2D eigenvalue weighted by Gasteiger charge is 2.54. The van der Waals surface area contributed by atoms with E-state index in [-0.39, 0.29) is 21.7 Å². The van der Waals surface area contributed by atoms with Gasteiger partial charge in [-0.2, -0.15) is 0 Å². The molecule has 0 N–H and O–H groups in total. The number of halogens is 1. The molecular weight excluding hydrogens is 746 g/mol. The number of para-hydroxylation sites is 1. The number of fused-ring (bicyclic) bond motifs is 2. The molecule has 0 bridgehead atoms. The fourth-order valence-corrected chi connectivity index (χ4v) is 8.80. The van der Waals surface area contributed by atoms with E-state index in [1.54, 1.807) is 7.11 Å². The first kappa shape index (κ1) is 42.0. The predicted octanol–water partition coefficient (Wildman–Crippen LogP) is 14.2. The lowest BCUT2D eigenvalue weighted by molar-refractivity contribution is -0.332. The number of methoxy groups -OCH3 is 1. The van der Waals surface area contributed by atoms with Crippen LogP contribution in [-0.4, -0.2) is 29.0 Å². The van der Waals surface area contributed by atoms with Crippen LogP contribution in [0.2, 0.25) is 0 Å². The molecule has 310 valence electrons. The number of hydrogen-bond donors (Lipinski definition) is 0. The van der Waals surface area contributed by atoms with E-state index in [1.807, 2.05) is 21.1 Å². The summed E-state index contributed by atoms with van der Waals surface area (Å²) in [5, 5.41) is 0. The molecule has 1 aromatic heterocycles. The van der Waals surface area contributed by atoms with Gasteiger partial charge in [0.1, 0.15) is 5.75 Å². The lowest BCUT2D eigenvalue weighted by Crippen LogP contribution is -2.41. The lowest BCUT2D eigenvalue weighted by atomic mass is 9.82. The Morgan fingerprint density at radius 1 is 0.508 bits per heavy atom. The van der Waals surface area contributed by atoms with Gasteiger partial charge in [0.15, 0.2) is 5.71 Å². The maximum Gasteiger partial charge on any atom is 0.847 e. The van der Waals surface area contributed by atoms with Crippen molar-refractivity contribution >= 4 is 24.1 Å². The van der Waals surface area contributed by atoms with Gasteiger partial charge >= 0.3 is 7.26 Å². The van der Waals surface area contributed by atoms with Gasteiger partial charge in [0.25, 0.3) is 0 Å². The summed E-state index contributed by atoms with van der Waals surface area (Å²) in [4.78, 5) is 0.